The number of rotatable bonds is 2. The van der Waals surface area contributed by atoms with Crippen LogP contribution in [0.5, 0.6) is 0 Å². The Kier molecular flexibility index (Phi) is 2.53. The summed E-state index contributed by atoms with van der Waals surface area (Å²) in [6.07, 6.45) is 7.77. The molecule has 0 saturated carbocycles. The quantitative estimate of drug-likeness (QED) is 0.605. The molecule has 0 radical (unpaired) electrons. The first-order valence-corrected chi connectivity index (χ1v) is 5.23. The molecule has 0 fully saturated rings. The van der Waals surface area contributed by atoms with E-state index in [-0.39, 0.29) is 0 Å². The first-order chi connectivity index (χ1) is 6.83. The van der Waals surface area contributed by atoms with Crippen LogP contribution in [0.3, 0.4) is 0 Å². The lowest BCUT2D eigenvalue weighted by Crippen LogP contribution is -1.91. The molecule has 2 rings (SSSR count). The fourth-order valence-corrected chi connectivity index (χ4v) is 2.05. The molecular weight excluding hydrogens is 168 g/mol. The fourth-order valence-electron chi connectivity index (χ4n) is 2.05. The standard InChI is InChI=1S/C14H16/c1-3-4-7-12-10-13-8-5-6-9-14(13)11(12)2/h3-6,8-11H,7H2,1-2H3/b4-3+. The summed E-state index contributed by atoms with van der Waals surface area (Å²) in [6, 6.07) is 8.68. The van der Waals surface area contributed by atoms with E-state index >= 15 is 0 Å². The third-order valence-corrected chi connectivity index (χ3v) is 2.95. The Balaban J connectivity index is 2.27. The monoisotopic (exact) mass is 184 g/mol. The van der Waals surface area contributed by atoms with Crippen LogP contribution in [0.25, 0.3) is 6.08 Å². The largest absolute Gasteiger partial charge is 0.0913 e. The van der Waals surface area contributed by atoms with Crippen LogP contribution >= 0.6 is 0 Å². The van der Waals surface area contributed by atoms with Gasteiger partial charge in [-0.25, -0.2) is 0 Å². The normalized spacial score (nSPS) is 19.9. The predicted molar refractivity (Wildman–Crippen MR) is 62.3 cm³/mol. The average Bonchev–Trinajstić information content (AvgIpc) is 2.54. The van der Waals surface area contributed by atoms with Gasteiger partial charge in [-0.1, -0.05) is 55.0 Å². The molecule has 0 spiro atoms. The van der Waals surface area contributed by atoms with E-state index in [1.54, 1.807) is 0 Å². The molecule has 0 nitrogen and oxygen atoms in total. The van der Waals surface area contributed by atoms with E-state index in [4.69, 9.17) is 0 Å². The van der Waals surface area contributed by atoms with Crippen LogP contribution in [0, 0.1) is 0 Å². The SMILES string of the molecule is C/C=C/CC1=Cc2ccccc2C1C. The summed E-state index contributed by atoms with van der Waals surface area (Å²) >= 11 is 0. The molecule has 72 valence electrons. The van der Waals surface area contributed by atoms with Gasteiger partial charge >= 0.3 is 0 Å². The Morgan fingerprint density at radius 1 is 1.29 bits per heavy atom. The van der Waals surface area contributed by atoms with E-state index < -0.39 is 0 Å². The van der Waals surface area contributed by atoms with Gasteiger partial charge in [0.25, 0.3) is 0 Å². The third kappa shape index (κ3) is 1.52. The van der Waals surface area contributed by atoms with Gasteiger partial charge in [-0.05, 0) is 24.5 Å². The van der Waals surface area contributed by atoms with Crippen LogP contribution in [-0.2, 0) is 0 Å². The van der Waals surface area contributed by atoms with Gasteiger partial charge in [0.15, 0.2) is 0 Å². The molecular formula is C14H16. The van der Waals surface area contributed by atoms with Crippen LogP contribution in [0.2, 0.25) is 0 Å². The number of benzene rings is 1. The Morgan fingerprint density at radius 2 is 2.07 bits per heavy atom. The lowest BCUT2D eigenvalue weighted by Gasteiger charge is -2.08. The highest BCUT2D eigenvalue weighted by molar-refractivity contribution is 5.66. The van der Waals surface area contributed by atoms with E-state index in [0.29, 0.717) is 5.92 Å². The molecule has 0 aliphatic heterocycles. The van der Waals surface area contributed by atoms with Crippen molar-refractivity contribution in [3.63, 3.8) is 0 Å². The minimum Gasteiger partial charge on any atom is -0.0913 e. The van der Waals surface area contributed by atoms with Gasteiger partial charge in [-0.2, -0.15) is 0 Å². The Labute approximate surface area is 86.0 Å². The van der Waals surface area contributed by atoms with Crippen molar-refractivity contribution in [1.29, 1.82) is 0 Å². The van der Waals surface area contributed by atoms with Gasteiger partial charge in [0, 0.05) is 5.92 Å². The molecule has 14 heavy (non-hydrogen) atoms. The second kappa shape index (κ2) is 3.83. The summed E-state index contributed by atoms with van der Waals surface area (Å²) in [6.45, 7) is 4.37. The predicted octanol–water partition coefficient (Wildman–Crippen LogP) is 4.15. The molecule has 1 unspecified atom stereocenters. The molecule has 0 N–H and O–H groups in total. The lowest BCUT2D eigenvalue weighted by atomic mass is 9.96. The first kappa shape index (κ1) is 9.26. The highest BCUT2D eigenvalue weighted by Crippen LogP contribution is 2.37. The molecule has 1 aliphatic rings. The molecule has 1 atom stereocenters. The molecule has 0 heteroatoms. The van der Waals surface area contributed by atoms with Gasteiger partial charge in [-0.3, -0.25) is 0 Å². The Morgan fingerprint density at radius 3 is 2.79 bits per heavy atom. The van der Waals surface area contributed by atoms with Crippen LogP contribution in [0.15, 0.2) is 42.0 Å². The average molecular weight is 184 g/mol. The van der Waals surface area contributed by atoms with Crippen molar-refractivity contribution in [2.24, 2.45) is 0 Å². The smallest absolute Gasteiger partial charge is 0.00321 e. The second-order valence-corrected chi connectivity index (χ2v) is 3.84. The molecule has 0 saturated heterocycles. The van der Waals surface area contributed by atoms with Crippen LogP contribution in [-0.4, -0.2) is 0 Å². The summed E-state index contributed by atoms with van der Waals surface area (Å²) in [4.78, 5) is 0. The lowest BCUT2D eigenvalue weighted by molar-refractivity contribution is 0.889. The molecule has 1 aromatic carbocycles. The minimum absolute atomic E-state index is 0.599. The van der Waals surface area contributed by atoms with Crippen LogP contribution < -0.4 is 0 Å². The molecule has 0 aromatic heterocycles. The third-order valence-electron chi connectivity index (χ3n) is 2.95. The van der Waals surface area contributed by atoms with E-state index in [0.717, 1.165) is 6.42 Å². The van der Waals surface area contributed by atoms with E-state index in [2.05, 4.69) is 56.3 Å². The van der Waals surface area contributed by atoms with E-state index in [9.17, 15) is 0 Å². The van der Waals surface area contributed by atoms with Crippen LogP contribution in [0.1, 0.15) is 37.3 Å². The first-order valence-electron chi connectivity index (χ1n) is 5.23. The van der Waals surface area contributed by atoms with Gasteiger partial charge in [0.2, 0.25) is 0 Å². The van der Waals surface area contributed by atoms with Crippen molar-refractivity contribution in [3.05, 3.63) is 53.1 Å². The van der Waals surface area contributed by atoms with E-state index in [1.165, 1.54) is 16.7 Å². The zero-order valence-electron chi connectivity index (χ0n) is 8.83. The molecule has 1 aliphatic carbocycles. The minimum atomic E-state index is 0.599. The molecule has 0 amide bonds. The molecule has 0 bridgehead atoms. The van der Waals surface area contributed by atoms with Crippen molar-refractivity contribution in [2.75, 3.05) is 0 Å². The maximum atomic E-state index is 2.33. The molecule has 0 heterocycles. The van der Waals surface area contributed by atoms with Crippen molar-refractivity contribution in [1.82, 2.24) is 0 Å². The summed E-state index contributed by atoms with van der Waals surface area (Å²) in [7, 11) is 0. The van der Waals surface area contributed by atoms with Crippen LogP contribution in [0.4, 0.5) is 0 Å². The maximum absolute atomic E-state index is 2.33. The highest BCUT2D eigenvalue weighted by atomic mass is 14.2. The van der Waals surface area contributed by atoms with Gasteiger partial charge in [0.1, 0.15) is 0 Å². The summed E-state index contributed by atoms with van der Waals surface area (Å²) in [5.74, 6) is 0.599. The van der Waals surface area contributed by atoms with Crippen molar-refractivity contribution in [3.8, 4) is 0 Å². The van der Waals surface area contributed by atoms with Gasteiger partial charge in [0.05, 0.1) is 0 Å². The highest BCUT2D eigenvalue weighted by Gasteiger charge is 2.18. The zero-order valence-corrected chi connectivity index (χ0v) is 8.83. The fraction of sp³-hybridized carbons (Fsp3) is 0.286. The van der Waals surface area contributed by atoms with Crippen molar-refractivity contribution in [2.45, 2.75) is 26.2 Å². The number of hydrogen-bond donors (Lipinski definition) is 0. The number of hydrogen-bond acceptors (Lipinski definition) is 0. The summed E-state index contributed by atoms with van der Waals surface area (Å²) < 4.78 is 0. The molecule has 1 aromatic rings. The van der Waals surface area contributed by atoms with Gasteiger partial charge < -0.3 is 0 Å². The Bertz CT molecular complexity index is 383. The van der Waals surface area contributed by atoms with E-state index in [1.807, 2.05) is 0 Å². The van der Waals surface area contributed by atoms with Gasteiger partial charge in [-0.15, -0.1) is 0 Å². The second-order valence-electron chi connectivity index (χ2n) is 3.84. The zero-order chi connectivity index (χ0) is 9.97. The Hall–Kier alpha value is -1.30. The number of allylic oxidation sites excluding steroid dienone is 3. The summed E-state index contributed by atoms with van der Waals surface area (Å²) in [5, 5.41) is 0. The van der Waals surface area contributed by atoms with Crippen molar-refractivity contribution < 1.29 is 0 Å². The summed E-state index contributed by atoms with van der Waals surface area (Å²) in [5.41, 5.74) is 4.41. The maximum Gasteiger partial charge on any atom is 0.00321 e. The van der Waals surface area contributed by atoms with Crippen molar-refractivity contribution >= 4 is 6.08 Å². The number of fused-ring (bicyclic) bond motifs is 1. The topological polar surface area (TPSA) is 0 Å².